The number of benzene rings is 2. The first-order chi connectivity index (χ1) is 23.8. The van der Waals surface area contributed by atoms with Crippen molar-refractivity contribution in [2.75, 3.05) is 89.3 Å². The zero-order valence-corrected chi connectivity index (χ0v) is 32.4. The molecule has 0 amide bonds. The second-order valence-corrected chi connectivity index (χ2v) is 18.9. The summed E-state index contributed by atoms with van der Waals surface area (Å²) in [7, 11) is -3.81. The molecule has 2 saturated heterocycles. The SMILES string of the molecule is Cc1cc(F)ccc1N1CCN(S(=O)(=O)N2CCCN(CC3CCCCC3)CCCN(S(=O)(=O)c3ccc(N(C)C)cc3)C[C@H](C)C2)[C@H](C)C1. The lowest BCUT2D eigenvalue weighted by molar-refractivity contribution is 0.178. The highest BCUT2D eigenvalue weighted by Crippen LogP contribution is 2.28. The van der Waals surface area contributed by atoms with E-state index in [1.54, 1.807) is 31.1 Å². The molecule has 1 aliphatic carbocycles. The summed E-state index contributed by atoms with van der Waals surface area (Å²) >= 11 is 0. The Morgan fingerprint density at radius 3 is 2.02 bits per heavy atom. The summed E-state index contributed by atoms with van der Waals surface area (Å²) in [6.07, 6.45) is 7.70. The highest BCUT2D eigenvalue weighted by Gasteiger charge is 2.38. The maximum Gasteiger partial charge on any atom is 0.282 e. The molecule has 3 aliphatic rings. The van der Waals surface area contributed by atoms with Crippen LogP contribution in [0.4, 0.5) is 15.8 Å². The van der Waals surface area contributed by atoms with Gasteiger partial charge in [-0.1, -0.05) is 26.2 Å². The molecule has 0 aromatic heterocycles. The van der Waals surface area contributed by atoms with Crippen LogP contribution in [0.3, 0.4) is 0 Å². The first kappa shape index (κ1) is 38.9. The highest BCUT2D eigenvalue weighted by molar-refractivity contribution is 7.89. The first-order valence-electron chi connectivity index (χ1n) is 18.5. The number of halogens is 1. The van der Waals surface area contributed by atoms with Crippen LogP contribution < -0.4 is 9.80 Å². The van der Waals surface area contributed by atoms with Crippen LogP contribution in [0.25, 0.3) is 0 Å². The van der Waals surface area contributed by atoms with E-state index in [2.05, 4.69) is 9.80 Å². The lowest BCUT2D eigenvalue weighted by atomic mass is 9.89. The normalized spacial score (nSPS) is 24.1. The largest absolute Gasteiger partial charge is 0.378 e. The summed E-state index contributed by atoms with van der Waals surface area (Å²) in [4.78, 5) is 6.79. The Bertz CT molecular complexity index is 1620. The van der Waals surface area contributed by atoms with Crippen molar-refractivity contribution in [2.45, 2.75) is 76.7 Å². The number of piperazine rings is 1. The number of hydrogen-bond donors (Lipinski definition) is 0. The van der Waals surface area contributed by atoms with Gasteiger partial charge in [0, 0.05) is 83.9 Å². The summed E-state index contributed by atoms with van der Waals surface area (Å²) in [5, 5.41) is 0. The minimum atomic E-state index is -3.85. The molecule has 0 radical (unpaired) electrons. The predicted molar refractivity (Wildman–Crippen MR) is 201 cm³/mol. The number of sulfonamides is 1. The minimum absolute atomic E-state index is 0.225. The average molecular weight is 735 g/mol. The average Bonchev–Trinajstić information content (AvgIpc) is 3.07. The van der Waals surface area contributed by atoms with E-state index in [1.165, 1.54) is 44.2 Å². The van der Waals surface area contributed by atoms with E-state index in [0.29, 0.717) is 38.6 Å². The molecule has 10 nitrogen and oxygen atoms in total. The van der Waals surface area contributed by atoms with Gasteiger partial charge in [0.25, 0.3) is 10.2 Å². The molecule has 2 aromatic rings. The highest BCUT2D eigenvalue weighted by atomic mass is 32.2. The van der Waals surface area contributed by atoms with E-state index in [4.69, 9.17) is 0 Å². The van der Waals surface area contributed by atoms with Gasteiger partial charge in [-0.05, 0) is 112 Å². The third-order valence-electron chi connectivity index (χ3n) is 10.7. The standard InChI is InChI=1S/C37H59FN6O4S2/c1-30-26-42(49(45,46)36-16-14-35(15-17-36)39(4)5)21-9-19-40(29-33-11-7-6-8-12-33)20-10-22-43(27-30)50(47,48)44-24-23-41(28-32(44)3)37-18-13-34(38)25-31(37)2/h13-18,25,30,32-33H,6-12,19-24,26-29H2,1-5H3/t30-,32+/m0/s1. The maximum absolute atomic E-state index is 14.5. The van der Waals surface area contributed by atoms with Gasteiger partial charge in [-0.2, -0.15) is 21.3 Å². The lowest BCUT2D eigenvalue weighted by Crippen LogP contribution is -2.58. The van der Waals surface area contributed by atoms with Crippen molar-refractivity contribution in [1.29, 1.82) is 0 Å². The van der Waals surface area contributed by atoms with E-state index in [0.717, 1.165) is 49.4 Å². The molecule has 1 saturated carbocycles. The molecular formula is C37H59FN6O4S2. The van der Waals surface area contributed by atoms with Crippen LogP contribution >= 0.6 is 0 Å². The molecule has 3 fully saturated rings. The number of aryl methyl sites for hydroxylation is 1. The fourth-order valence-corrected chi connectivity index (χ4v) is 11.6. The summed E-state index contributed by atoms with van der Waals surface area (Å²) in [6.45, 7) is 10.9. The van der Waals surface area contributed by atoms with Crippen molar-refractivity contribution < 1.29 is 21.2 Å². The number of nitrogens with zero attached hydrogens (tertiary/aromatic N) is 6. The van der Waals surface area contributed by atoms with Crippen LogP contribution in [0.2, 0.25) is 0 Å². The van der Waals surface area contributed by atoms with Crippen LogP contribution in [0.15, 0.2) is 47.4 Å². The Morgan fingerprint density at radius 1 is 0.760 bits per heavy atom. The molecule has 0 unspecified atom stereocenters. The molecule has 0 N–H and O–H groups in total. The van der Waals surface area contributed by atoms with Crippen LogP contribution in [0.5, 0.6) is 0 Å². The molecule has 2 heterocycles. The Labute approximate surface area is 301 Å². The van der Waals surface area contributed by atoms with Crippen LogP contribution in [-0.2, 0) is 20.2 Å². The molecule has 280 valence electrons. The molecule has 2 aromatic carbocycles. The van der Waals surface area contributed by atoms with Gasteiger partial charge >= 0.3 is 0 Å². The molecular weight excluding hydrogens is 676 g/mol. The van der Waals surface area contributed by atoms with Gasteiger partial charge in [0.2, 0.25) is 10.0 Å². The van der Waals surface area contributed by atoms with Crippen molar-refractivity contribution in [2.24, 2.45) is 11.8 Å². The quantitative estimate of drug-likeness (QED) is 0.366. The molecule has 0 spiro atoms. The fourth-order valence-electron chi connectivity index (χ4n) is 8.02. The van der Waals surface area contributed by atoms with Gasteiger partial charge in [-0.3, -0.25) is 0 Å². The van der Waals surface area contributed by atoms with E-state index in [9.17, 15) is 21.2 Å². The van der Waals surface area contributed by atoms with Gasteiger partial charge < -0.3 is 14.7 Å². The van der Waals surface area contributed by atoms with Crippen molar-refractivity contribution in [3.63, 3.8) is 0 Å². The van der Waals surface area contributed by atoms with Crippen molar-refractivity contribution in [1.82, 2.24) is 17.8 Å². The van der Waals surface area contributed by atoms with E-state index < -0.39 is 20.2 Å². The summed E-state index contributed by atoms with van der Waals surface area (Å²) in [5.41, 5.74) is 2.68. The van der Waals surface area contributed by atoms with Crippen molar-refractivity contribution >= 4 is 31.6 Å². The number of hydrogen-bond acceptors (Lipinski definition) is 7. The van der Waals surface area contributed by atoms with E-state index in [-0.39, 0.29) is 35.8 Å². The Balaban J connectivity index is 1.37. The van der Waals surface area contributed by atoms with Crippen LogP contribution in [0.1, 0.15) is 64.4 Å². The van der Waals surface area contributed by atoms with E-state index >= 15 is 0 Å². The topological polar surface area (TPSA) is 87.7 Å². The zero-order valence-electron chi connectivity index (χ0n) is 30.8. The van der Waals surface area contributed by atoms with Gasteiger partial charge in [-0.25, -0.2) is 12.8 Å². The minimum Gasteiger partial charge on any atom is -0.378 e. The molecule has 5 rings (SSSR count). The Kier molecular flexibility index (Phi) is 13.3. The molecule has 0 bridgehead atoms. The van der Waals surface area contributed by atoms with Crippen molar-refractivity contribution in [3.05, 3.63) is 53.8 Å². The van der Waals surface area contributed by atoms with Gasteiger partial charge in [-0.15, -0.1) is 0 Å². The Hall–Kier alpha value is -2.29. The number of anilines is 2. The fraction of sp³-hybridized carbons (Fsp3) is 0.676. The van der Waals surface area contributed by atoms with Gasteiger partial charge in [0.1, 0.15) is 5.82 Å². The first-order valence-corrected chi connectivity index (χ1v) is 21.4. The number of rotatable bonds is 8. The summed E-state index contributed by atoms with van der Waals surface area (Å²) in [5.74, 6) is 0.126. The van der Waals surface area contributed by atoms with Crippen LogP contribution in [-0.4, -0.2) is 120 Å². The third kappa shape index (κ3) is 9.57. The molecule has 50 heavy (non-hydrogen) atoms. The predicted octanol–water partition coefficient (Wildman–Crippen LogP) is 5.26. The van der Waals surface area contributed by atoms with Crippen molar-refractivity contribution in [3.8, 4) is 0 Å². The zero-order chi connectivity index (χ0) is 36.1. The lowest BCUT2D eigenvalue weighted by Gasteiger charge is -2.43. The van der Waals surface area contributed by atoms with Gasteiger partial charge in [0.05, 0.1) is 4.90 Å². The summed E-state index contributed by atoms with van der Waals surface area (Å²) in [6, 6.07) is 11.4. The maximum atomic E-state index is 14.5. The summed E-state index contributed by atoms with van der Waals surface area (Å²) < 4.78 is 75.8. The molecule has 2 atom stereocenters. The third-order valence-corrected chi connectivity index (χ3v) is 14.7. The monoisotopic (exact) mass is 734 g/mol. The van der Waals surface area contributed by atoms with Gasteiger partial charge in [0.15, 0.2) is 0 Å². The second-order valence-electron chi connectivity index (χ2n) is 15.1. The van der Waals surface area contributed by atoms with E-state index in [1.807, 2.05) is 51.9 Å². The Morgan fingerprint density at radius 2 is 1.40 bits per heavy atom. The smallest absolute Gasteiger partial charge is 0.282 e. The van der Waals surface area contributed by atoms with Crippen LogP contribution in [0, 0.1) is 24.6 Å². The second kappa shape index (κ2) is 17.0. The molecule has 2 aliphatic heterocycles. The molecule has 13 heteroatoms.